The minimum absolute atomic E-state index is 0.0674. The summed E-state index contributed by atoms with van der Waals surface area (Å²) >= 11 is 0. The lowest BCUT2D eigenvalue weighted by Crippen LogP contribution is -2.39. The van der Waals surface area contributed by atoms with Crippen molar-refractivity contribution < 1.29 is 14.7 Å². The smallest absolute Gasteiger partial charge is 0.310 e. The maximum Gasteiger partial charge on any atom is 0.310 e. The molecule has 0 atom stereocenters. The Morgan fingerprint density at radius 2 is 2.10 bits per heavy atom. The number of amides is 1. The van der Waals surface area contributed by atoms with Crippen molar-refractivity contribution in [3.8, 4) is 0 Å². The van der Waals surface area contributed by atoms with E-state index in [-0.39, 0.29) is 12.3 Å². The Morgan fingerprint density at radius 3 is 2.67 bits per heavy atom. The molecule has 0 aliphatic heterocycles. The first-order valence-electron chi connectivity index (χ1n) is 7.36. The highest BCUT2D eigenvalue weighted by Gasteiger charge is 2.41. The van der Waals surface area contributed by atoms with Gasteiger partial charge in [-0.05, 0) is 12.8 Å². The Balaban J connectivity index is 1.81. The van der Waals surface area contributed by atoms with Crippen LogP contribution in [0.4, 0.5) is 0 Å². The molecule has 2 N–H and O–H groups in total. The summed E-state index contributed by atoms with van der Waals surface area (Å²) in [5, 5.41) is 16.3. The van der Waals surface area contributed by atoms with Crippen LogP contribution in [0.3, 0.4) is 0 Å². The fraction of sp³-hybridized carbons (Fsp3) is 0.714. The summed E-state index contributed by atoms with van der Waals surface area (Å²) in [7, 11) is 1.79. The third kappa shape index (κ3) is 4.03. The van der Waals surface area contributed by atoms with Crippen LogP contribution < -0.4 is 5.32 Å². The second kappa shape index (κ2) is 6.69. The number of rotatable bonds is 6. The second-order valence-corrected chi connectivity index (χ2v) is 5.76. The Kier molecular flexibility index (Phi) is 4.93. The molecular formula is C14H22N4O3. The van der Waals surface area contributed by atoms with E-state index in [1.165, 1.54) is 0 Å². The van der Waals surface area contributed by atoms with Gasteiger partial charge in [0.2, 0.25) is 5.91 Å². The van der Waals surface area contributed by atoms with E-state index in [9.17, 15) is 14.7 Å². The van der Waals surface area contributed by atoms with Gasteiger partial charge in [0, 0.05) is 26.4 Å². The third-order valence-electron chi connectivity index (χ3n) is 4.08. The number of hydrogen-bond acceptors (Lipinski definition) is 4. The van der Waals surface area contributed by atoms with Crippen molar-refractivity contribution >= 4 is 11.9 Å². The van der Waals surface area contributed by atoms with Crippen LogP contribution in [0.5, 0.6) is 0 Å². The summed E-state index contributed by atoms with van der Waals surface area (Å²) in [4.78, 5) is 27.6. The third-order valence-corrected chi connectivity index (χ3v) is 4.08. The maximum absolute atomic E-state index is 12.0. The first-order valence-corrected chi connectivity index (χ1v) is 7.36. The van der Waals surface area contributed by atoms with Gasteiger partial charge in [0.1, 0.15) is 6.33 Å². The van der Waals surface area contributed by atoms with Crippen LogP contribution in [0.1, 0.15) is 44.3 Å². The lowest BCUT2D eigenvalue weighted by atomic mass is 9.71. The van der Waals surface area contributed by atoms with Crippen LogP contribution >= 0.6 is 0 Å². The number of hydrogen-bond donors (Lipinski definition) is 2. The number of carbonyl (C=O) groups is 2. The van der Waals surface area contributed by atoms with Gasteiger partial charge >= 0.3 is 5.97 Å². The van der Waals surface area contributed by atoms with Crippen LogP contribution in [0.2, 0.25) is 0 Å². The predicted octanol–water partition coefficient (Wildman–Crippen LogP) is 0.899. The van der Waals surface area contributed by atoms with Gasteiger partial charge < -0.3 is 10.4 Å². The number of aryl methyl sites for hydroxylation is 1. The van der Waals surface area contributed by atoms with Gasteiger partial charge in [-0.1, -0.05) is 19.3 Å². The second-order valence-electron chi connectivity index (χ2n) is 5.76. The number of carbonyl (C=O) groups excluding carboxylic acids is 1. The van der Waals surface area contributed by atoms with Crippen molar-refractivity contribution in [3.05, 3.63) is 12.2 Å². The van der Waals surface area contributed by atoms with Gasteiger partial charge in [-0.15, -0.1) is 0 Å². The fourth-order valence-electron chi connectivity index (χ4n) is 2.88. The van der Waals surface area contributed by atoms with E-state index in [1.807, 2.05) is 0 Å². The highest BCUT2D eigenvalue weighted by molar-refractivity contribution is 5.85. The molecule has 0 spiro atoms. The number of nitrogens with zero attached hydrogens (tertiary/aromatic N) is 3. The van der Waals surface area contributed by atoms with Gasteiger partial charge in [-0.2, -0.15) is 5.10 Å². The van der Waals surface area contributed by atoms with E-state index in [0.717, 1.165) is 19.3 Å². The van der Waals surface area contributed by atoms with Crippen molar-refractivity contribution in [2.75, 3.05) is 6.54 Å². The summed E-state index contributed by atoms with van der Waals surface area (Å²) in [6, 6.07) is 0. The molecule has 21 heavy (non-hydrogen) atoms. The van der Waals surface area contributed by atoms with Crippen LogP contribution in [0.25, 0.3) is 0 Å². The molecule has 0 radical (unpaired) electrons. The number of carboxylic acids is 1. The number of carboxylic acid groups (broad SMARTS) is 1. The molecule has 2 rings (SSSR count). The summed E-state index contributed by atoms with van der Waals surface area (Å²) in [5.74, 6) is -0.373. The summed E-state index contributed by atoms with van der Waals surface area (Å²) in [6.07, 6.45) is 6.25. The highest BCUT2D eigenvalue weighted by Crippen LogP contribution is 2.39. The zero-order chi connectivity index (χ0) is 15.3. The van der Waals surface area contributed by atoms with E-state index >= 15 is 0 Å². The summed E-state index contributed by atoms with van der Waals surface area (Å²) in [6.45, 7) is 0.429. The summed E-state index contributed by atoms with van der Waals surface area (Å²) in [5.41, 5.74) is -0.869. The van der Waals surface area contributed by atoms with E-state index in [2.05, 4.69) is 15.4 Å². The normalized spacial score (nSPS) is 17.4. The fourth-order valence-corrected chi connectivity index (χ4v) is 2.88. The monoisotopic (exact) mass is 294 g/mol. The van der Waals surface area contributed by atoms with Gasteiger partial charge in [-0.25, -0.2) is 4.98 Å². The van der Waals surface area contributed by atoms with Crippen molar-refractivity contribution in [2.24, 2.45) is 12.5 Å². The molecule has 1 heterocycles. The molecule has 0 aromatic carbocycles. The molecule has 1 fully saturated rings. The average Bonchev–Trinajstić information content (AvgIpc) is 2.85. The first kappa shape index (κ1) is 15.5. The molecule has 1 aliphatic carbocycles. The van der Waals surface area contributed by atoms with E-state index in [1.54, 1.807) is 18.1 Å². The molecule has 1 amide bonds. The molecule has 116 valence electrons. The highest BCUT2D eigenvalue weighted by atomic mass is 16.4. The molecular weight excluding hydrogens is 272 g/mol. The maximum atomic E-state index is 12.0. The molecule has 7 nitrogen and oxygen atoms in total. The van der Waals surface area contributed by atoms with E-state index in [0.29, 0.717) is 31.6 Å². The molecule has 1 saturated carbocycles. The quantitative estimate of drug-likeness (QED) is 0.812. The van der Waals surface area contributed by atoms with Gasteiger partial charge in [0.15, 0.2) is 5.82 Å². The van der Waals surface area contributed by atoms with Crippen molar-refractivity contribution in [1.29, 1.82) is 0 Å². The molecule has 0 saturated heterocycles. The molecule has 7 heteroatoms. The van der Waals surface area contributed by atoms with Crippen LogP contribution in [-0.4, -0.2) is 38.3 Å². The minimum atomic E-state index is -0.869. The number of aliphatic carboxylic acids is 1. The van der Waals surface area contributed by atoms with Gasteiger partial charge in [0.25, 0.3) is 0 Å². The first-order chi connectivity index (χ1) is 10.0. The summed E-state index contributed by atoms with van der Waals surface area (Å²) < 4.78 is 1.61. The average molecular weight is 294 g/mol. The molecule has 1 aliphatic rings. The lowest BCUT2D eigenvalue weighted by Gasteiger charge is -2.32. The zero-order valence-corrected chi connectivity index (χ0v) is 12.3. The number of aromatic nitrogens is 3. The number of nitrogens with one attached hydrogen (secondary N) is 1. The van der Waals surface area contributed by atoms with Crippen molar-refractivity contribution in [1.82, 2.24) is 20.1 Å². The minimum Gasteiger partial charge on any atom is -0.481 e. The molecule has 1 aromatic rings. The topological polar surface area (TPSA) is 97.1 Å². The standard InChI is InChI=1S/C14H22N4O3/c1-18-10-16-11(17-18)5-8-15-12(19)9-14(13(20)21)6-3-2-4-7-14/h10H,2-9H2,1H3,(H,15,19)(H,20,21). The van der Waals surface area contributed by atoms with E-state index < -0.39 is 11.4 Å². The lowest BCUT2D eigenvalue weighted by molar-refractivity contribution is -0.154. The Bertz CT molecular complexity index is 506. The zero-order valence-electron chi connectivity index (χ0n) is 12.3. The Morgan fingerprint density at radius 1 is 1.38 bits per heavy atom. The molecule has 0 unspecified atom stereocenters. The Labute approximate surface area is 123 Å². The predicted molar refractivity (Wildman–Crippen MR) is 75.5 cm³/mol. The molecule has 1 aromatic heterocycles. The van der Waals surface area contributed by atoms with Crippen LogP contribution in [0, 0.1) is 5.41 Å². The van der Waals surface area contributed by atoms with E-state index in [4.69, 9.17) is 0 Å². The Hall–Kier alpha value is -1.92. The van der Waals surface area contributed by atoms with Crippen molar-refractivity contribution in [2.45, 2.75) is 44.9 Å². The van der Waals surface area contributed by atoms with Gasteiger partial charge in [0.05, 0.1) is 5.41 Å². The van der Waals surface area contributed by atoms with Crippen LogP contribution in [-0.2, 0) is 23.1 Å². The molecule has 0 bridgehead atoms. The van der Waals surface area contributed by atoms with Crippen LogP contribution in [0.15, 0.2) is 6.33 Å². The van der Waals surface area contributed by atoms with Gasteiger partial charge in [-0.3, -0.25) is 14.3 Å². The van der Waals surface area contributed by atoms with Crippen molar-refractivity contribution in [3.63, 3.8) is 0 Å². The largest absolute Gasteiger partial charge is 0.481 e. The SMILES string of the molecule is Cn1cnc(CCNC(=O)CC2(C(=O)O)CCCCC2)n1.